The molecule has 0 radical (unpaired) electrons. The SMILES string of the molecule is COc1ccc(Cl)cc1OCCN(C)CCCNc1nccc(C(=O)O)n1. The summed E-state index contributed by atoms with van der Waals surface area (Å²) >= 11 is 5.98. The van der Waals surface area contributed by atoms with E-state index in [1.54, 1.807) is 25.3 Å². The van der Waals surface area contributed by atoms with Crippen LogP contribution in [0.5, 0.6) is 11.5 Å². The number of ether oxygens (including phenoxy) is 2. The van der Waals surface area contributed by atoms with E-state index >= 15 is 0 Å². The number of methoxy groups -OCH3 is 1. The highest BCUT2D eigenvalue weighted by atomic mass is 35.5. The molecule has 0 atom stereocenters. The Morgan fingerprint density at radius 1 is 1.30 bits per heavy atom. The van der Waals surface area contributed by atoms with Crippen LogP contribution in [0.3, 0.4) is 0 Å². The van der Waals surface area contributed by atoms with E-state index in [-0.39, 0.29) is 5.69 Å². The fourth-order valence-corrected chi connectivity index (χ4v) is 2.46. The molecule has 9 heteroatoms. The molecule has 0 aliphatic carbocycles. The van der Waals surface area contributed by atoms with E-state index in [0.717, 1.165) is 19.5 Å². The molecule has 1 heterocycles. The lowest BCUT2D eigenvalue weighted by Gasteiger charge is -2.18. The maximum Gasteiger partial charge on any atom is 0.354 e. The van der Waals surface area contributed by atoms with Crippen molar-refractivity contribution in [2.24, 2.45) is 0 Å². The lowest BCUT2D eigenvalue weighted by Crippen LogP contribution is -2.26. The molecule has 0 fully saturated rings. The zero-order valence-corrected chi connectivity index (χ0v) is 16.1. The third-order valence-electron chi connectivity index (χ3n) is 3.73. The summed E-state index contributed by atoms with van der Waals surface area (Å²) in [5.74, 6) is 0.510. The van der Waals surface area contributed by atoms with Gasteiger partial charge in [0, 0.05) is 30.4 Å². The van der Waals surface area contributed by atoms with Gasteiger partial charge in [0.05, 0.1) is 7.11 Å². The fraction of sp³-hybridized carbons (Fsp3) is 0.389. The van der Waals surface area contributed by atoms with Crippen molar-refractivity contribution in [2.45, 2.75) is 6.42 Å². The second-order valence-electron chi connectivity index (χ2n) is 5.80. The number of hydrogen-bond acceptors (Lipinski definition) is 7. The van der Waals surface area contributed by atoms with E-state index in [4.69, 9.17) is 26.2 Å². The molecule has 0 saturated heterocycles. The van der Waals surface area contributed by atoms with Crippen LogP contribution in [0.2, 0.25) is 5.02 Å². The number of nitrogens with zero attached hydrogens (tertiary/aromatic N) is 3. The Morgan fingerprint density at radius 2 is 2.11 bits per heavy atom. The maximum absolute atomic E-state index is 10.9. The molecular formula is C18H23ClN4O4. The van der Waals surface area contributed by atoms with Gasteiger partial charge in [0.2, 0.25) is 5.95 Å². The number of carboxylic acids is 1. The first-order valence-corrected chi connectivity index (χ1v) is 8.82. The van der Waals surface area contributed by atoms with E-state index in [2.05, 4.69) is 20.2 Å². The zero-order chi connectivity index (χ0) is 19.6. The van der Waals surface area contributed by atoms with Gasteiger partial charge in [-0.05, 0) is 38.2 Å². The summed E-state index contributed by atoms with van der Waals surface area (Å²) in [5.41, 5.74) is -0.0294. The number of halogens is 1. The number of likely N-dealkylation sites (N-methyl/N-ethyl adjacent to an activating group) is 1. The van der Waals surface area contributed by atoms with Gasteiger partial charge in [-0.2, -0.15) is 0 Å². The number of hydrogen-bond donors (Lipinski definition) is 2. The van der Waals surface area contributed by atoms with Gasteiger partial charge in [-0.3, -0.25) is 0 Å². The van der Waals surface area contributed by atoms with Gasteiger partial charge in [-0.25, -0.2) is 14.8 Å². The molecule has 2 aromatic rings. The van der Waals surface area contributed by atoms with E-state index in [1.165, 1.54) is 12.3 Å². The van der Waals surface area contributed by atoms with E-state index in [1.807, 2.05) is 7.05 Å². The Balaban J connectivity index is 1.67. The highest BCUT2D eigenvalue weighted by Crippen LogP contribution is 2.29. The summed E-state index contributed by atoms with van der Waals surface area (Å²) in [5, 5.41) is 12.5. The summed E-state index contributed by atoms with van der Waals surface area (Å²) in [6.45, 7) is 2.71. The average Bonchev–Trinajstić information content (AvgIpc) is 2.65. The highest BCUT2D eigenvalue weighted by Gasteiger charge is 2.07. The standard InChI is InChI=1S/C18H23ClN4O4/c1-23(10-11-27-16-12-13(19)4-5-15(16)26-2)9-3-7-20-18-21-8-6-14(22-18)17(24)25/h4-6,8,12H,3,7,9-11H2,1-2H3,(H,24,25)(H,20,21,22). The van der Waals surface area contributed by atoms with E-state index in [9.17, 15) is 4.79 Å². The molecule has 2 rings (SSSR count). The first-order chi connectivity index (χ1) is 13.0. The largest absolute Gasteiger partial charge is 0.493 e. The number of carbonyl (C=O) groups is 1. The fourth-order valence-electron chi connectivity index (χ4n) is 2.30. The van der Waals surface area contributed by atoms with Gasteiger partial charge in [0.15, 0.2) is 17.2 Å². The molecule has 0 bridgehead atoms. The van der Waals surface area contributed by atoms with Crippen molar-refractivity contribution in [3.63, 3.8) is 0 Å². The molecule has 0 spiro atoms. The van der Waals surface area contributed by atoms with Gasteiger partial charge in [0.1, 0.15) is 6.61 Å². The lowest BCUT2D eigenvalue weighted by atomic mass is 10.3. The van der Waals surface area contributed by atoms with Crippen LogP contribution in [0.15, 0.2) is 30.5 Å². The Morgan fingerprint density at radius 3 is 2.85 bits per heavy atom. The van der Waals surface area contributed by atoms with Crippen molar-refractivity contribution in [1.29, 1.82) is 0 Å². The van der Waals surface area contributed by atoms with Crippen molar-refractivity contribution in [1.82, 2.24) is 14.9 Å². The summed E-state index contributed by atoms with van der Waals surface area (Å²) in [7, 11) is 3.59. The lowest BCUT2D eigenvalue weighted by molar-refractivity contribution is 0.0690. The summed E-state index contributed by atoms with van der Waals surface area (Å²) in [4.78, 5) is 20.9. The first kappa shape index (κ1) is 20.7. The molecule has 2 N–H and O–H groups in total. The van der Waals surface area contributed by atoms with Crippen LogP contribution in [0, 0.1) is 0 Å². The smallest absolute Gasteiger partial charge is 0.354 e. The number of aromatic carboxylic acids is 1. The predicted octanol–water partition coefficient (Wildman–Crippen LogP) is 2.65. The molecule has 8 nitrogen and oxygen atoms in total. The van der Waals surface area contributed by atoms with Crippen LogP contribution in [-0.4, -0.2) is 66.3 Å². The number of rotatable bonds is 11. The zero-order valence-electron chi connectivity index (χ0n) is 15.3. The van der Waals surface area contributed by atoms with Crippen molar-refractivity contribution in [3.05, 3.63) is 41.2 Å². The summed E-state index contributed by atoms with van der Waals surface area (Å²) in [6, 6.07) is 6.61. The van der Waals surface area contributed by atoms with Crippen LogP contribution < -0.4 is 14.8 Å². The number of aromatic nitrogens is 2. The molecule has 0 saturated carbocycles. The summed E-state index contributed by atoms with van der Waals surface area (Å²) < 4.78 is 11.0. The van der Waals surface area contributed by atoms with E-state index in [0.29, 0.717) is 35.6 Å². The van der Waals surface area contributed by atoms with Gasteiger partial charge in [-0.15, -0.1) is 0 Å². The molecule has 0 unspecified atom stereocenters. The molecule has 0 aliphatic heterocycles. The van der Waals surface area contributed by atoms with E-state index < -0.39 is 5.97 Å². The number of benzene rings is 1. The minimum absolute atomic E-state index is 0.0294. The van der Waals surface area contributed by atoms with Crippen LogP contribution in [0.25, 0.3) is 0 Å². The Labute approximate surface area is 163 Å². The quantitative estimate of drug-likeness (QED) is 0.561. The Kier molecular flexibility index (Phi) is 8.09. The number of nitrogens with one attached hydrogen (secondary N) is 1. The molecule has 1 aromatic carbocycles. The second kappa shape index (κ2) is 10.5. The van der Waals surface area contributed by atoms with Crippen molar-refractivity contribution >= 4 is 23.5 Å². The molecule has 146 valence electrons. The monoisotopic (exact) mass is 394 g/mol. The molecular weight excluding hydrogens is 372 g/mol. The molecule has 1 aromatic heterocycles. The van der Waals surface area contributed by atoms with Gasteiger partial charge >= 0.3 is 5.97 Å². The topological polar surface area (TPSA) is 96.8 Å². The van der Waals surface area contributed by atoms with Crippen LogP contribution in [-0.2, 0) is 0 Å². The Bertz CT molecular complexity index is 760. The molecule has 0 aliphatic rings. The van der Waals surface area contributed by atoms with Crippen LogP contribution in [0.4, 0.5) is 5.95 Å². The molecule has 0 amide bonds. The summed E-state index contributed by atoms with van der Waals surface area (Å²) in [6.07, 6.45) is 2.27. The number of anilines is 1. The van der Waals surface area contributed by atoms with Gasteiger partial charge in [0.25, 0.3) is 0 Å². The van der Waals surface area contributed by atoms with Crippen molar-refractivity contribution in [2.75, 3.05) is 45.7 Å². The minimum Gasteiger partial charge on any atom is -0.493 e. The maximum atomic E-state index is 10.9. The minimum atomic E-state index is -1.07. The third kappa shape index (κ3) is 6.92. The number of carboxylic acid groups (broad SMARTS) is 1. The van der Waals surface area contributed by atoms with Crippen molar-refractivity contribution in [3.8, 4) is 11.5 Å². The Hall–Kier alpha value is -2.58. The molecule has 27 heavy (non-hydrogen) atoms. The van der Waals surface area contributed by atoms with Gasteiger partial charge < -0.3 is 24.8 Å². The van der Waals surface area contributed by atoms with Crippen LogP contribution >= 0.6 is 11.6 Å². The normalized spacial score (nSPS) is 10.7. The third-order valence-corrected chi connectivity index (χ3v) is 3.97. The first-order valence-electron chi connectivity index (χ1n) is 8.44. The highest BCUT2D eigenvalue weighted by molar-refractivity contribution is 6.30. The van der Waals surface area contributed by atoms with Crippen LogP contribution in [0.1, 0.15) is 16.9 Å². The average molecular weight is 395 g/mol. The van der Waals surface area contributed by atoms with Crippen molar-refractivity contribution < 1.29 is 19.4 Å². The predicted molar refractivity (Wildman–Crippen MR) is 103 cm³/mol. The van der Waals surface area contributed by atoms with Gasteiger partial charge in [-0.1, -0.05) is 11.6 Å². The second-order valence-corrected chi connectivity index (χ2v) is 6.23.